The lowest BCUT2D eigenvalue weighted by Gasteiger charge is -2.27. The van der Waals surface area contributed by atoms with E-state index in [-0.39, 0.29) is 18.2 Å². The molecule has 1 atom stereocenters. The van der Waals surface area contributed by atoms with Crippen LogP contribution in [0.5, 0.6) is 0 Å². The lowest BCUT2D eigenvalue weighted by Crippen LogP contribution is -2.49. The molecule has 1 N–H and O–H groups in total. The van der Waals surface area contributed by atoms with E-state index in [0.29, 0.717) is 0 Å². The fraction of sp³-hybridized carbons (Fsp3) is 0.333. The molecule has 0 aromatic heterocycles. The molecule has 0 saturated heterocycles. The Morgan fingerprint density at radius 2 is 1.90 bits per heavy atom. The van der Waals surface area contributed by atoms with E-state index in [0.717, 1.165) is 16.3 Å². The maximum Gasteiger partial charge on any atom is 0.225 e. The molecule has 3 nitrogen and oxygen atoms in total. The molecule has 1 amide bonds. The average molecular weight is 280 g/mol. The first kappa shape index (κ1) is 15.1. The zero-order valence-electron chi connectivity index (χ0n) is 12.7. The molecular formula is C18H20N2O. The molecule has 0 unspecified atom stereocenters. The van der Waals surface area contributed by atoms with Crippen molar-refractivity contribution in [2.45, 2.75) is 32.7 Å². The van der Waals surface area contributed by atoms with E-state index >= 15 is 0 Å². The van der Waals surface area contributed by atoms with Crippen LogP contribution in [0.4, 0.5) is 0 Å². The third-order valence-corrected chi connectivity index (χ3v) is 4.02. The highest BCUT2D eigenvalue weighted by Gasteiger charge is 2.29. The predicted octanol–water partition coefficient (Wildman–Crippen LogP) is 3.44. The van der Waals surface area contributed by atoms with Crippen molar-refractivity contribution >= 4 is 16.7 Å². The summed E-state index contributed by atoms with van der Waals surface area (Å²) in [6, 6.07) is 16.1. The second-order valence-corrected chi connectivity index (χ2v) is 5.83. The zero-order valence-corrected chi connectivity index (χ0v) is 12.7. The van der Waals surface area contributed by atoms with Crippen LogP contribution in [0.15, 0.2) is 42.5 Å². The van der Waals surface area contributed by atoms with E-state index in [4.69, 9.17) is 0 Å². The van der Waals surface area contributed by atoms with Crippen LogP contribution in [0.25, 0.3) is 10.8 Å². The van der Waals surface area contributed by atoms with E-state index in [2.05, 4.69) is 11.4 Å². The summed E-state index contributed by atoms with van der Waals surface area (Å²) in [5.74, 6) is -0.0666. The molecule has 0 saturated carbocycles. The van der Waals surface area contributed by atoms with Gasteiger partial charge in [0.1, 0.15) is 5.54 Å². The smallest absolute Gasteiger partial charge is 0.225 e. The average Bonchev–Trinajstić information content (AvgIpc) is 2.47. The third kappa shape index (κ3) is 3.22. The van der Waals surface area contributed by atoms with Gasteiger partial charge in [-0.25, -0.2) is 0 Å². The Kier molecular flexibility index (Phi) is 4.28. The quantitative estimate of drug-likeness (QED) is 0.932. The molecule has 108 valence electrons. The number of benzene rings is 2. The van der Waals surface area contributed by atoms with Crippen molar-refractivity contribution in [3.8, 4) is 6.07 Å². The van der Waals surface area contributed by atoms with E-state index < -0.39 is 5.54 Å². The Morgan fingerprint density at radius 1 is 1.24 bits per heavy atom. The molecule has 0 aliphatic rings. The summed E-state index contributed by atoms with van der Waals surface area (Å²) < 4.78 is 0. The van der Waals surface area contributed by atoms with Crippen LogP contribution in [0.3, 0.4) is 0 Å². The molecule has 0 radical (unpaired) electrons. The van der Waals surface area contributed by atoms with Crippen molar-refractivity contribution < 1.29 is 4.79 Å². The van der Waals surface area contributed by atoms with Gasteiger partial charge in [-0.3, -0.25) is 4.79 Å². The summed E-state index contributed by atoms with van der Waals surface area (Å²) >= 11 is 0. The van der Waals surface area contributed by atoms with Crippen molar-refractivity contribution in [3.05, 3.63) is 48.0 Å². The highest BCUT2D eigenvalue weighted by Crippen LogP contribution is 2.20. The Labute approximate surface area is 125 Å². The second-order valence-electron chi connectivity index (χ2n) is 5.83. The van der Waals surface area contributed by atoms with Crippen LogP contribution in [0.2, 0.25) is 0 Å². The van der Waals surface area contributed by atoms with Gasteiger partial charge in [0.05, 0.1) is 12.5 Å². The van der Waals surface area contributed by atoms with Gasteiger partial charge in [0.15, 0.2) is 0 Å². The molecule has 3 heteroatoms. The number of amides is 1. The first-order valence-corrected chi connectivity index (χ1v) is 7.15. The number of hydrogen-bond acceptors (Lipinski definition) is 2. The molecule has 2 rings (SSSR count). The van der Waals surface area contributed by atoms with Gasteiger partial charge < -0.3 is 5.32 Å². The molecule has 0 heterocycles. The lowest BCUT2D eigenvalue weighted by molar-refractivity contribution is -0.122. The minimum absolute atomic E-state index is 0.0546. The molecule has 2 aromatic carbocycles. The van der Waals surface area contributed by atoms with E-state index in [1.165, 1.54) is 0 Å². The number of nitrogens with one attached hydrogen (secondary N) is 1. The van der Waals surface area contributed by atoms with Gasteiger partial charge in [0.25, 0.3) is 0 Å². The van der Waals surface area contributed by atoms with Crippen molar-refractivity contribution in [1.82, 2.24) is 5.32 Å². The van der Waals surface area contributed by atoms with Crippen molar-refractivity contribution in [2.24, 2.45) is 5.92 Å². The van der Waals surface area contributed by atoms with Crippen LogP contribution < -0.4 is 5.32 Å². The highest BCUT2D eigenvalue weighted by atomic mass is 16.1. The lowest BCUT2D eigenvalue weighted by atomic mass is 9.89. The van der Waals surface area contributed by atoms with Gasteiger partial charge in [-0.2, -0.15) is 5.26 Å². The molecule has 21 heavy (non-hydrogen) atoms. The normalized spacial score (nSPS) is 13.7. The SMILES string of the molecule is CC(C)[C@@](C)(C#N)NC(=O)Cc1cccc2ccccc12. The van der Waals surface area contributed by atoms with Crippen LogP contribution in [0.1, 0.15) is 26.3 Å². The summed E-state index contributed by atoms with van der Waals surface area (Å²) in [5, 5.41) is 14.3. The van der Waals surface area contributed by atoms with Crippen LogP contribution in [-0.2, 0) is 11.2 Å². The number of fused-ring (bicyclic) bond motifs is 1. The van der Waals surface area contributed by atoms with Gasteiger partial charge in [-0.15, -0.1) is 0 Å². The Morgan fingerprint density at radius 3 is 2.57 bits per heavy atom. The second kappa shape index (κ2) is 5.97. The number of nitriles is 1. The molecule has 0 spiro atoms. The van der Waals surface area contributed by atoms with Gasteiger partial charge >= 0.3 is 0 Å². The molecule has 2 aromatic rings. The minimum Gasteiger partial charge on any atom is -0.338 e. The first-order chi connectivity index (χ1) is 9.96. The fourth-order valence-electron chi connectivity index (χ4n) is 2.25. The van der Waals surface area contributed by atoms with Crippen LogP contribution in [-0.4, -0.2) is 11.4 Å². The largest absolute Gasteiger partial charge is 0.338 e. The van der Waals surface area contributed by atoms with Crippen molar-refractivity contribution in [3.63, 3.8) is 0 Å². The molecular weight excluding hydrogens is 260 g/mol. The van der Waals surface area contributed by atoms with Gasteiger partial charge in [0.2, 0.25) is 5.91 Å². The Bertz CT molecular complexity index is 694. The van der Waals surface area contributed by atoms with Crippen molar-refractivity contribution in [2.75, 3.05) is 0 Å². The number of rotatable bonds is 4. The summed E-state index contributed by atoms with van der Waals surface area (Å²) in [4.78, 5) is 12.3. The van der Waals surface area contributed by atoms with Crippen LogP contribution in [0, 0.1) is 17.2 Å². The molecule has 0 aliphatic carbocycles. The maximum absolute atomic E-state index is 12.3. The highest BCUT2D eigenvalue weighted by molar-refractivity contribution is 5.90. The number of nitrogens with zero attached hydrogens (tertiary/aromatic N) is 1. The molecule has 0 aliphatic heterocycles. The summed E-state index contributed by atoms with van der Waals surface area (Å²) in [7, 11) is 0. The first-order valence-electron chi connectivity index (χ1n) is 7.15. The number of carbonyl (C=O) groups is 1. The minimum atomic E-state index is -0.832. The standard InChI is InChI=1S/C18H20N2O/c1-13(2)18(3,12-19)20-17(21)11-15-9-6-8-14-7-4-5-10-16(14)15/h4-10,13H,11H2,1-3H3,(H,20,21)/t18-/m1/s1. The summed E-state index contributed by atoms with van der Waals surface area (Å²) in [5.41, 5.74) is 0.149. The van der Waals surface area contributed by atoms with E-state index in [1.807, 2.05) is 56.3 Å². The van der Waals surface area contributed by atoms with E-state index in [9.17, 15) is 10.1 Å². The van der Waals surface area contributed by atoms with E-state index in [1.54, 1.807) is 6.92 Å². The summed E-state index contributed by atoms with van der Waals surface area (Å²) in [6.07, 6.45) is 0.283. The Hall–Kier alpha value is -2.34. The predicted molar refractivity (Wildman–Crippen MR) is 84.7 cm³/mol. The summed E-state index contributed by atoms with van der Waals surface area (Å²) in [6.45, 7) is 5.63. The Balaban J connectivity index is 2.21. The van der Waals surface area contributed by atoms with Crippen molar-refractivity contribution in [1.29, 1.82) is 5.26 Å². The van der Waals surface area contributed by atoms with Gasteiger partial charge in [-0.1, -0.05) is 56.3 Å². The third-order valence-electron chi connectivity index (χ3n) is 4.02. The van der Waals surface area contributed by atoms with Crippen LogP contribution >= 0.6 is 0 Å². The molecule has 0 bridgehead atoms. The monoisotopic (exact) mass is 280 g/mol. The molecule has 0 fully saturated rings. The zero-order chi connectivity index (χ0) is 15.5. The van der Waals surface area contributed by atoms with Gasteiger partial charge in [0, 0.05) is 0 Å². The number of carbonyl (C=O) groups excluding carboxylic acids is 1. The maximum atomic E-state index is 12.3. The number of hydrogen-bond donors (Lipinski definition) is 1. The fourth-order valence-corrected chi connectivity index (χ4v) is 2.25. The van der Waals surface area contributed by atoms with Gasteiger partial charge in [-0.05, 0) is 29.2 Å². The topological polar surface area (TPSA) is 52.9 Å².